The Kier molecular flexibility index (Phi) is 1.78. The van der Waals surface area contributed by atoms with Gasteiger partial charge in [-0.2, -0.15) is 0 Å². The lowest BCUT2D eigenvalue weighted by Gasteiger charge is -2.02. The first-order chi connectivity index (χ1) is 8.08. The molecule has 4 N–H and O–H groups in total. The standard InChI is InChI=1S/C13H11NO3/c1-6-2-3-8-7(4-6)11-9(14-8)5-10(15)12(16)13(11)17/h2-5,14-17H,1H3. The molecule has 0 aliphatic carbocycles. The number of phenols is 3. The van der Waals surface area contributed by atoms with Gasteiger partial charge in [-0.05, 0) is 19.1 Å². The van der Waals surface area contributed by atoms with Crippen molar-refractivity contribution >= 4 is 21.8 Å². The van der Waals surface area contributed by atoms with Gasteiger partial charge in [0, 0.05) is 17.0 Å². The topological polar surface area (TPSA) is 76.5 Å². The molecule has 0 bridgehead atoms. The zero-order chi connectivity index (χ0) is 12.2. The van der Waals surface area contributed by atoms with Crippen LogP contribution in [0.1, 0.15) is 5.56 Å². The third-order valence-corrected chi connectivity index (χ3v) is 2.97. The lowest BCUT2D eigenvalue weighted by atomic mass is 10.1. The summed E-state index contributed by atoms with van der Waals surface area (Å²) in [5.41, 5.74) is 2.51. The first-order valence-corrected chi connectivity index (χ1v) is 5.24. The fourth-order valence-corrected chi connectivity index (χ4v) is 2.13. The maximum absolute atomic E-state index is 9.89. The number of benzene rings is 2. The molecule has 3 rings (SSSR count). The number of aryl methyl sites for hydroxylation is 1. The Morgan fingerprint density at radius 3 is 2.47 bits per heavy atom. The average Bonchev–Trinajstić information content (AvgIpc) is 2.63. The first-order valence-electron chi connectivity index (χ1n) is 5.24. The van der Waals surface area contributed by atoms with Gasteiger partial charge in [0.1, 0.15) is 0 Å². The third-order valence-electron chi connectivity index (χ3n) is 2.97. The number of aromatic amines is 1. The maximum atomic E-state index is 9.89. The quantitative estimate of drug-likeness (QED) is 0.448. The molecule has 0 fully saturated rings. The number of nitrogens with one attached hydrogen (secondary N) is 1. The van der Waals surface area contributed by atoms with Crippen molar-refractivity contribution in [3.05, 3.63) is 29.8 Å². The number of phenolic OH excluding ortho intramolecular Hbond substituents is 3. The lowest BCUT2D eigenvalue weighted by Crippen LogP contribution is -1.74. The molecule has 3 aromatic rings. The van der Waals surface area contributed by atoms with Crippen LogP contribution in [0.2, 0.25) is 0 Å². The number of rotatable bonds is 0. The summed E-state index contributed by atoms with van der Waals surface area (Å²) in [4.78, 5) is 3.08. The van der Waals surface area contributed by atoms with Gasteiger partial charge < -0.3 is 20.3 Å². The monoisotopic (exact) mass is 229 g/mol. The number of fused-ring (bicyclic) bond motifs is 3. The predicted molar refractivity (Wildman–Crippen MR) is 65.5 cm³/mol. The van der Waals surface area contributed by atoms with E-state index in [4.69, 9.17) is 0 Å². The van der Waals surface area contributed by atoms with Gasteiger partial charge in [-0.25, -0.2) is 0 Å². The Balaban J connectivity index is 2.59. The van der Waals surface area contributed by atoms with E-state index in [1.54, 1.807) is 0 Å². The molecule has 0 aliphatic heterocycles. The van der Waals surface area contributed by atoms with Crippen LogP contribution in [0.4, 0.5) is 0 Å². The molecule has 0 saturated carbocycles. The van der Waals surface area contributed by atoms with Gasteiger partial charge in [0.15, 0.2) is 11.5 Å². The summed E-state index contributed by atoms with van der Waals surface area (Å²) < 4.78 is 0. The molecule has 17 heavy (non-hydrogen) atoms. The highest BCUT2D eigenvalue weighted by atomic mass is 16.3. The van der Waals surface area contributed by atoms with Crippen LogP contribution in [0.25, 0.3) is 21.8 Å². The van der Waals surface area contributed by atoms with Crippen molar-refractivity contribution in [1.29, 1.82) is 0 Å². The smallest absolute Gasteiger partial charge is 0.201 e. The molecule has 0 amide bonds. The van der Waals surface area contributed by atoms with E-state index in [1.807, 2.05) is 25.1 Å². The van der Waals surface area contributed by atoms with Crippen molar-refractivity contribution in [3.63, 3.8) is 0 Å². The van der Waals surface area contributed by atoms with Gasteiger partial charge >= 0.3 is 0 Å². The van der Waals surface area contributed by atoms with E-state index >= 15 is 0 Å². The molecule has 0 aliphatic rings. The summed E-state index contributed by atoms with van der Waals surface area (Å²) in [5.74, 6) is -1.12. The fraction of sp³-hybridized carbons (Fsp3) is 0.0769. The molecule has 4 nitrogen and oxygen atoms in total. The van der Waals surface area contributed by atoms with E-state index in [0.717, 1.165) is 16.5 Å². The van der Waals surface area contributed by atoms with Crippen LogP contribution >= 0.6 is 0 Å². The summed E-state index contributed by atoms with van der Waals surface area (Å²) in [5, 5.41) is 30.2. The van der Waals surface area contributed by atoms with E-state index < -0.39 is 5.75 Å². The van der Waals surface area contributed by atoms with Crippen LogP contribution in [0.3, 0.4) is 0 Å². The molecular formula is C13H11NO3. The highest BCUT2D eigenvalue weighted by molar-refractivity contribution is 6.12. The third kappa shape index (κ3) is 1.24. The van der Waals surface area contributed by atoms with Gasteiger partial charge in [0.05, 0.1) is 10.9 Å². The second-order valence-electron chi connectivity index (χ2n) is 4.19. The summed E-state index contributed by atoms with van der Waals surface area (Å²) in [6.45, 7) is 1.95. The molecule has 4 heteroatoms. The molecule has 1 heterocycles. The van der Waals surface area contributed by atoms with Crippen molar-refractivity contribution in [2.45, 2.75) is 6.92 Å². The van der Waals surface area contributed by atoms with Crippen LogP contribution in [0, 0.1) is 6.92 Å². The van der Waals surface area contributed by atoms with E-state index in [9.17, 15) is 15.3 Å². The molecule has 2 aromatic carbocycles. The molecule has 0 atom stereocenters. The zero-order valence-corrected chi connectivity index (χ0v) is 9.15. The Labute approximate surface area is 96.8 Å². The SMILES string of the molecule is Cc1ccc2[nH]c3cc(O)c(O)c(O)c3c2c1. The van der Waals surface area contributed by atoms with E-state index in [1.165, 1.54) is 6.07 Å². The first kappa shape index (κ1) is 9.84. The van der Waals surface area contributed by atoms with Crippen molar-refractivity contribution in [1.82, 2.24) is 4.98 Å². The summed E-state index contributed by atoms with van der Waals surface area (Å²) in [7, 11) is 0. The number of hydrogen-bond acceptors (Lipinski definition) is 3. The Hall–Kier alpha value is -2.36. The predicted octanol–water partition coefficient (Wildman–Crippen LogP) is 2.75. The summed E-state index contributed by atoms with van der Waals surface area (Å²) in [6, 6.07) is 7.18. The Bertz CT molecular complexity index is 743. The highest BCUT2D eigenvalue weighted by Crippen LogP contribution is 2.44. The second-order valence-corrected chi connectivity index (χ2v) is 4.19. The van der Waals surface area contributed by atoms with E-state index in [0.29, 0.717) is 10.9 Å². The van der Waals surface area contributed by atoms with Gasteiger partial charge in [0.2, 0.25) is 5.75 Å². The van der Waals surface area contributed by atoms with Crippen molar-refractivity contribution in [3.8, 4) is 17.2 Å². The minimum Gasteiger partial charge on any atom is -0.504 e. The zero-order valence-electron chi connectivity index (χ0n) is 9.15. The molecule has 0 spiro atoms. The molecule has 0 saturated heterocycles. The molecule has 86 valence electrons. The minimum absolute atomic E-state index is 0.295. The van der Waals surface area contributed by atoms with Crippen LogP contribution in [0.15, 0.2) is 24.3 Å². The number of aromatic nitrogens is 1. The number of hydrogen-bond donors (Lipinski definition) is 4. The Morgan fingerprint density at radius 2 is 1.71 bits per heavy atom. The largest absolute Gasteiger partial charge is 0.504 e. The number of H-pyrrole nitrogens is 1. The van der Waals surface area contributed by atoms with Crippen molar-refractivity contribution in [2.75, 3.05) is 0 Å². The van der Waals surface area contributed by atoms with Crippen LogP contribution in [-0.2, 0) is 0 Å². The number of aromatic hydroxyl groups is 3. The maximum Gasteiger partial charge on any atom is 0.201 e. The van der Waals surface area contributed by atoms with Gasteiger partial charge in [-0.3, -0.25) is 0 Å². The molecule has 1 aromatic heterocycles. The second kappa shape index (κ2) is 3.07. The summed E-state index contributed by atoms with van der Waals surface area (Å²) >= 11 is 0. The fourth-order valence-electron chi connectivity index (χ4n) is 2.13. The van der Waals surface area contributed by atoms with Crippen LogP contribution in [-0.4, -0.2) is 20.3 Å². The molecule has 0 radical (unpaired) electrons. The summed E-state index contributed by atoms with van der Waals surface area (Å²) in [6.07, 6.45) is 0. The lowest BCUT2D eigenvalue weighted by molar-refractivity contribution is 0.371. The van der Waals surface area contributed by atoms with Gasteiger partial charge in [0.25, 0.3) is 0 Å². The normalized spacial score (nSPS) is 11.4. The van der Waals surface area contributed by atoms with Crippen molar-refractivity contribution in [2.24, 2.45) is 0 Å². The van der Waals surface area contributed by atoms with Gasteiger partial charge in [-0.1, -0.05) is 11.6 Å². The van der Waals surface area contributed by atoms with Crippen molar-refractivity contribution < 1.29 is 15.3 Å². The average molecular weight is 229 g/mol. The molecule has 0 unspecified atom stereocenters. The highest BCUT2D eigenvalue weighted by Gasteiger charge is 2.15. The van der Waals surface area contributed by atoms with E-state index in [2.05, 4.69) is 4.98 Å². The molecular weight excluding hydrogens is 218 g/mol. The van der Waals surface area contributed by atoms with Crippen LogP contribution in [0.5, 0.6) is 17.2 Å². The van der Waals surface area contributed by atoms with Crippen LogP contribution < -0.4 is 0 Å². The Morgan fingerprint density at radius 1 is 0.941 bits per heavy atom. The minimum atomic E-state index is -0.486. The van der Waals surface area contributed by atoms with E-state index in [-0.39, 0.29) is 11.5 Å². The van der Waals surface area contributed by atoms with Gasteiger partial charge in [-0.15, -0.1) is 0 Å².